The van der Waals surface area contributed by atoms with E-state index in [0.717, 1.165) is 17.0 Å². The number of carbonyl (C=O) groups is 1. The van der Waals surface area contributed by atoms with E-state index < -0.39 is 4.92 Å². The van der Waals surface area contributed by atoms with Crippen LogP contribution in [0.25, 0.3) is 5.00 Å². The first-order valence-corrected chi connectivity index (χ1v) is 5.62. The first-order valence-electron chi connectivity index (χ1n) is 4.81. The maximum absolute atomic E-state index is 11.2. The fourth-order valence-corrected chi connectivity index (χ4v) is 2.32. The van der Waals surface area contributed by atoms with Gasteiger partial charge in [-0.25, -0.2) is 4.68 Å². The van der Waals surface area contributed by atoms with Crippen molar-refractivity contribution in [1.29, 1.82) is 0 Å². The van der Waals surface area contributed by atoms with E-state index in [-0.39, 0.29) is 11.5 Å². The predicted octanol–water partition coefficient (Wildman–Crippen LogP) is 2.35. The van der Waals surface area contributed by atoms with Gasteiger partial charge in [0.1, 0.15) is 0 Å². The average molecular weight is 251 g/mol. The second-order valence-electron chi connectivity index (χ2n) is 3.52. The van der Waals surface area contributed by atoms with Gasteiger partial charge in [-0.05, 0) is 19.9 Å². The van der Waals surface area contributed by atoms with Crippen LogP contribution in [0.3, 0.4) is 0 Å². The normalized spacial score (nSPS) is 10.5. The van der Waals surface area contributed by atoms with Crippen LogP contribution in [0.5, 0.6) is 0 Å². The van der Waals surface area contributed by atoms with Gasteiger partial charge in [-0.1, -0.05) is 0 Å². The fourth-order valence-electron chi connectivity index (χ4n) is 1.37. The summed E-state index contributed by atoms with van der Waals surface area (Å²) in [5.74, 6) is -0.187. The van der Waals surface area contributed by atoms with Crippen LogP contribution < -0.4 is 0 Å². The monoisotopic (exact) mass is 251 g/mol. The standard InChI is InChI=1S/C10H9N3O3S/c1-6-3-4-12(11-6)10-8(13(15)16)5-9(17-10)7(2)14/h3-5H,1-2H3. The van der Waals surface area contributed by atoms with Gasteiger partial charge in [0.05, 0.1) is 15.5 Å². The number of hydrogen-bond acceptors (Lipinski definition) is 5. The molecule has 0 unspecified atom stereocenters. The summed E-state index contributed by atoms with van der Waals surface area (Å²) < 4.78 is 1.42. The molecule has 0 bridgehead atoms. The molecule has 0 radical (unpaired) electrons. The summed E-state index contributed by atoms with van der Waals surface area (Å²) in [5, 5.41) is 15.4. The molecule has 2 rings (SSSR count). The molecule has 0 aliphatic carbocycles. The summed E-state index contributed by atoms with van der Waals surface area (Å²) in [6.07, 6.45) is 1.64. The zero-order valence-corrected chi connectivity index (χ0v) is 10.0. The molecule has 0 saturated carbocycles. The minimum atomic E-state index is -0.505. The molecule has 17 heavy (non-hydrogen) atoms. The summed E-state index contributed by atoms with van der Waals surface area (Å²) in [5.41, 5.74) is 0.667. The van der Waals surface area contributed by atoms with E-state index >= 15 is 0 Å². The summed E-state index contributed by atoms with van der Waals surface area (Å²) in [6.45, 7) is 3.18. The van der Waals surface area contributed by atoms with Crippen molar-refractivity contribution < 1.29 is 9.72 Å². The molecule has 6 nitrogen and oxygen atoms in total. The quantitative estimate of drug-likeness (QED) is 0.476. The van der Waals surface area contributed by atoms with Crippen LogP contribution in [0, 0.1) is 17.0 Å². The molecule has 7 heteroatoms. The van der Waals surface area contributed by atoms with Crippen molar-refractivity contribution in [3.8, 4) is 5.00 Å². The Balaban J connectivity index is 2.59. The summed E-state index contributed by atoms with van der Waals surface area (Å²) in [7, 11) is 0. The van der Waals surface area contributed by atoms with Crippen LogP contribution in [0.2, 0.25) is 0 Å². The summed E-state index contributed by atoms with van der Waals surface area (Å²) >= 11 is 1.07. The molecule has 0 spiro atoms. The van der Waals surface area contributed by atoms with Crippen LogP contribution in [0.15, 0.2) is 18.3 Å². The van der Waals surface area contributed by atoms with Crippen LogP contribution >= 0.6 is 11.3 Å². The number of aromatic nitrogens is 2. The number of Topliss-reactive ketones (excluding diaryl/α,β-unsaturated/α-hetero) is 1. The molecule has 0 atom stereocenters. The molecule has 88 valence electrons. The molecule has 0 aliphatic rings. The van der Waals surface area contributed by atoms with Crippen LogP contribution in [0.1, 0.15) is 22.3 Å². The Hall–Kier alpha value is -2.02. The lowest BCUT2D eigenvalue weighted by Crippen LogP contribution is -1.96. The Kier molecular flexibility index (Phi) is 2.76. The molecular formula is C10H9N3O3S. The van der Waals surface area contributed by atoms with Gasteiger partial charge in [0, 0.05) is 12.3 Å². The molecule has 2 heterocycles. The molecule has 0 amide bonds. The number of aryl methyl sites for hydroxylation is 1. The lowest BCUT2D eigenvalue weighted by molar-refractivity contribution is -0.384. The Bertz CT molecular complexity index is 600. The van der Waals surface area contributed by atoms with Crippen LogP contribution in [-0.4, -0.2) is 20.5 Å². The first-order chi connectivity index (χ1) is 7.99. The highest BCUT2D eigenvalue weighted by Gasteiger charge is 2.22. The lowest BCUT2D eigenvalue weighted by Gasteiger charge is -1.95. The summed E-state index contributed by atoms with van der Waals surface area (Å²) in [6, 6.07) is 3.04. The van der Waals surface area contributed by atoms with Crippen LogP contribution in [-0.2, 0) is 0 Å². The second kappa shape index (κ2) is 4.10. The van der Waals surface area contributed by atoms with Crippen molar-refractivity contribution >= 4 is 22.8 Å². The molecule has 2 aromatic rings. The maximum atomic E-state index is 11.2. The van der Waals surface area contributed by atoms with Crippen molar-refractivity contribution in [2.24, 2.45) is 0 Å². The molecule has 2 aromatic heterocycles. The minimum absolute atomic E-state index is 0.0942. The molecule has 0 fully saturated rings. The van der Waals surface area contributed by atoms with Crippen molar-refractivity contribution in [2.75, 3.05) is 0 Å². The molecule has 0 N–H and O–H groups in total. The van der Waals surface area contributed by atoms with Gasteiger partial charge >= 0.3 is 5.69 Å². The number of carbonyl (C=O) groups excluding carboxylic acids is 1. The Morgan fingerprint density at radius 1 is 1.59 bits per heavy atom. The van der Waals surface area contributed by atoms with E-state index in [9.17, 15) is 14.9 Å². The largest absolute Gasteiger partial charge is 0.306 e. The third-order valence-corrected chi connectivity index (χ3v) is 3.38. The number of ketones is 1. The van der Waals surface area contributed by atoms with Gasteiger partial charge < -0.3 is 0 Å². The highest BCUT2D eigenvalue weighted by Crippen LogP contribution is 2.32. The predicted molar refractivity (Wildman–Crippen MR) is 62.8 cm³/mol. The Morgan fingerprint density at radius 2 is 2.29 bits per heavy atom. The van der Waals surface area contributed by atoms with Gasteiger partial charge in [0.15, 0.2) is 10.8 Å². The average Bonchev–Trinajstić information content (AvgIpc) is 2.82. The Labute approximate surface area is 101 Å². The van der Waals surface area contributed by atoms with Gasteiger partial charge in [-0.3, -0.25) is 14.9 Å². The topological polar surface area (TPSA) is 78.0 Å². The van der Waals surface area contributed by atoms with Crippen molar-refractivity contribution in [3.63, 3.8) is 0 Å². The Morgan fingerprint density at radius 3 is 2.76 bits per heavy atom. The molecule has 0 aliphatic heterocycles. The van der Waals surface area contributed by atoms with Gasteiger partial charge in [0.25, 0.3) is 0 Å². The summed E-state index contributed by atoms with van der Waals surface area (Å²) in [4.78, 5) is 22.0. The zero-order valence-electron chi connectivity index (χ0n) is 9.21. The number of rotatable bonds is 3. The van der Waals surface area contributed by atoms with E-state index in [1.807, 2.05) is 0 Å². The van der Waals surface area contributed by atoms with E-state index in [1.165, 1.54) is 17.7 Å². The van der Waals surface area contributed by atoms with Crippen molar-refractivity contribution in [1.82, 2.24) is 9.78 Å². The van der Waals surface area contributed by atoms with E-state index in [2.05, 4.69) is 5.10 Å². The minimum Gasteiger partial charge on any atom is -0.294 e. The third-order valence-electron chi connectivity index (χ3n) is 2.17. The van der Waals surface area contributed by atoms with E-state index in [4.69, 9.17) is 0 Å². The van der Waals surface area contributed by atoms with Crippen LogP contribution in [0.4, 0.5) is 5.69 Å². The molecular weight excluding hydrogens is 242 g/mol. The SMILES string of the molecule is CC(=O)c1cc([N+](=O)[O-])c(-n2ccc(C)n2)s1. The number of thiophene rings is 1. The lowest BCUT2D eigenvalue weighted by atomic mass is 10.3. The molecule has 0 aromatic carbocycles. The first kappa shape index (κ1) is 11.5. The van der Waals surface area contributed by atoms with E-state index in [0.29, 0.717) is 9.88 Å². The van der Waals surface area contributed by atoms with Gasteiger partial charge in [-0.2, -0.15) is 5.10 Å². The smallest absolute Gasteiger partial charge is 0.294 e. The number of nitro groups is 1. The number of nitrogens with zero attached hydrogens (tertiary/aromatic N) is 3. The number of hydrogen-bond donors (Lipinski definition) is 0. The highest BCUT2D eigenvalue weighted by molar-refractivity contribution is 7.17. The van der Waals surface area contributed by atoms with Gasteiger partial charge in [-0.15, -0.1) is 11.3 Å². The fraction of sp³-hybridized carbons (Fsp3) is 0.200. The highest BCUT2D eigenvalue weighted by atomic mass is 32.1. The third kappa shape index (κ3) is 2.09. The maximum Gasteiger partial charge on any atom is 0.306 e. The van der Waals surface area contributed by atoms with Gasteiger partial charge in [0.2, 0.25) is 0 Å². The van der Waals surface area contributed by atoms with E-state index in [1.54, 1.807) is 19.2 Å². The van der Waals surface area contributed by atoms with Crippen molar-refractivity contribution in [3.05, 3.63) is 39.0 Å². The zero-order chi connectivity index (χ0) is 12.6. The second-order valence-corrected chi connectivity index (χ2v) is 4.55. The molecule has 0 saturated heterocycles. The van der Waals surface area contributed by atoms with Crippen molar-refractivity contribution in [2.45, 2.75) is 13.8 Å².